The number of rotatable bonds is 16. The van der Waals surface area contributed by atoms with E-state index in [-0.39, 0.29) is 48.7 Å². The quantitative estimate of drug-likeness (QED) is 0.0431. The van der Waals surface area contributed by atoms with Crippen LogP contribution in [0.1, 0.15) is 77.9 Å². The van der Waals surface area contributed by atoms with Gasteiger partial charge in [-0.3, -0.25) is 28.9 Å². The number of hydrogen-bond acceptors (Lipinski definition) is 15. The average molecular weight is 1040 g/mol. The molecular weight excluding hydrogens is 977 g/mol. The van der Waals surface area contributed by atoms with E-state index in [1.807, 2.05) is 36.4 Å². The van der Waals surface area contributed by atoms with Gasteiger partial charge in [-0.25, -0.2) is 14.5 Å². The van der Waals surface area contributed by atoms with E-state index in [0.717, 1.165) is 26.2 Å². The standard InChI is InChI=1S/C58H58N4O14/c1-34(2)46(54(68)74-5)60-57(71)61-43-28-27-35(17-15-26-41(52(66)72-3)53(67)73-4)31-42(43)58(56(61)70)45(51(65)59-33-44(64)36-18-9-6-10-19-36)48-55(69)76-49(38-22-13-8-14-23-38)47(37-20-11-7-12-21-37)62(48)50(58)39-24-16-25-40(32-39)75-30-29-63/h6-14,16,18-25,27-28,31-32,34,41,44-50,63-64H,26,29-30,33H2,1-5H3,(H,59,65)(H,60,71). The van der Waals surface area contributed by atoms with Crippen LogP contribution in [-0.2, 0) is 53.1 Å². The molecule has 18 heteroatoms. The molecule has 4 amide bonds. The normalized spacial score (nSPS) is 21.3. The third-order valence-corrected chi connectivity index (χ3v) is 14.0. The number of esters is 4. The summed E-state index contributed by atoms with van der Waals surface area (Å²) in [5, 5.41) is 27.0. The maximum Gasteiger partial charge on any atom is 0.329 e. The zero-order chi connectivity index (χ0) is 54.3. The second kappa shape index (κ2) is 23.4. The lowest BCUT2D eigenvalue weighted by molar-refractivity contribution is -0.178. The van der Waals surface area contributed by atoms with Crippen LogP contribution in [0.3, 0.4) is 0 Å². The number of hydrogen-bond donors (Lipinski definition) is 4. The van der Waals surface area contributed by atoms with Crippen LogP contribution in [0.15, 0.2) is 133 Å². The number of anilines is 1. The van der Waals surface area contributed by atoms with Gasteiger partial charge in [0.1, 0.15) is 36.0 Å². The Morgan fingerprint density at radius 2 is 1.37 bits per heavy atom. The lowest BCUT2D eigenvalue weighted by Crippen LogP contribution is -2.58. The molecule has 3 aliphatic heterocycles. The summed E-state index contributed by atoms with van der Waals surface area (Å²) in [5.74, 6) is -2.93. The van der Waals surface area contributed by atoms with Gasteiger partial charge < -0.3 is 44.5 Å². The van der Waals surface area contributed by atoms with Gasteiger partial charge in [0.05, 0.1) is 57.7 Å². The highest BCUT2D eigenvalue weighted by Crippen LogP contribution is 2.66. The van der Waals surface area contributed by atoms with Gasteiger partial charge in [-0.1, -0.05) is 129 Å². The van der Waals surface area contributed by atoms with E-state index in [2.05, 4.69) is 22.5 Å². The van der Waals surface area contributed by atoms with Crippen molar-refractivity contribution in [2.75, 3.05) is 46.0 Å². The lowest BCUT2D eigenvalue weighted by atomic mass is 9.65. The molecule has 5 aromatic rings. The van der Waals surface area contributed by atoms with Gasteiger partial charge in [-0.05, 0) is 64.1 Å². The van der Waals surface area contributed by atoms with Crippen LogP contribution in [0, 0.1) is 29.6 Å². The second-order valence-electron chi connectivity index (χ2n) is 18.8. The highest BCUT2D eigenvalue weighted by atomic mass is 16.6. The highest BCUT2D eigenvalue weighted by Gasteiger charge is 2.75. The topological polar surface area (TPSA) is 237 Å². The molecule has 3 aliphatic rings. The van der Waals surface area contributed by atoms with Crippen LogP contribution in [0.25, 0.3) is 0 Å². The smallest absolute Gasteiger partial charge is 0.329 e. The summed E-state index contributed by atoms with van der Waals surface area (Å²) in [7, 11) is 3.40. The molecule has 2 fully saturated rings. The van der Waals surface area contributed by atoms with Crippen molar-refractivity contribution < 1.29 is 67.5 Å². The zero-order valence-corrected chi connectivity index (χ0v) is 42.4. The molecule has 76 heavy (non-hydrogen) atoms. The maximum absolute atomic E-state index is 16.7. The van der Waals surface area contributed by atoms with Gasteiger partial charge in [0.2, 0.25) is 11.8 Å². The number of aliphatic hydroxyl groups is 2. The molecule has 0 aliphatic carbocycles. The van der Waals surface area contributed by atoms with Crippen LogP contribution >= 0.6 is 0 Å². The number of imide groups is 1. The molecule has 8 rings (SSSR count). The van der Waals surface area contributed by atoms with E-state index >= 15 is 19.2 Å². The highest BCUT2D eigenvalue weighted by molar-refractivity contribution is 6.25. The van der Waals surface area contributed by atoms with Gasteiger partial charge in [0.15, 0.2) is 5.92 Å². The predicted octanol–water partition coefficient (Wildman–Crippen LogP) is 5.18. The van der Waals surface area contributed by atoms with Crippen molar-refractivity contribution in [2.45, 2.75) is 62.1 Å². The minimum Gasteiger partial charge on any atom is -0.491 e. The number of cyclic esters (lactones) is 1. The Morgan fingerprint density at radius 3 is 1.99 bits per heavy atom. The SMILES string of the molecule is COC(=O)C(CC#Cc1ccc2c(c1)C1(C(=O)N2C(=O)NC(C(=O)OC)C(C)C)C(C(=O)NCC(O)c2ccccc2)C2C(=O)OC(c3ccccc3)C(c3ccccc3)N2C1c1cccc(OCCO)c1)C(=O)OC. The van der Waals surface area contributed by atoms with E-state index in [1.54, 1.807) is 97.6 Å². The van der Waals surface area contributed by atoms with Crippen molar-refractivity contribution in [3.05, 3.63) is 167 Å². The number of nitrogens with one attached hydrogen (secondary N) is 2. The Hall–Kier alpha value is -8.37. The van der Waals surface area contributed by atoms with Crippen molar-refractivity contribution in [2.24, 2.45) is 17.8 Å². The van der Waals surface area contributed by atoms with E-state index in [4.69, 9.17) is 23.7 Å². The second-order valence-corrected chi connectivity index (χ2v) is 18.8. The third-order valence-electron chi connectivity index (χ3n) is 14.0. The minimum atomic E-state index is -2.32. The van der Waals surface area contributed by atoms with Crippen molar-refractivity contribution >= 4 is 47.4 Å². The molecular formula is C58H58N4O14. The molecule has 4 N–H and O–H groups in total. The number of aliphatic hydroxyl groups excluding tert-OH is 2. The van der Waals surface area contributed by atoms with Crippen molar-refractivity contribution in [1.82, 2.24) is 15.5 Å². The molecule has 0 aromatic heterocycles. The monoisotopic (exact) mass is 1030 g/mol. The summed E-state index contributed by atoms with van der Waals surface area (Å²) in [6.45, 7) is 2.52. The first-order chi connectivity index (χ1) is 36.7. The fourth-order valence-corrected chi connectivity index (χ4v) is 10.6. The number of carbonyl (C=O) groups excluding carboxylic acids is 7. The van der Waals surface area contributed by atoms with E-state index < -0.39 is 101 Å². The zero-order valence-electron chi connectivity index (χ0n) is 42.4. The summed E-state index contributed by atoms with van der Waals surface area (Å²) >= 11 is 0. The summed E-state index contributed by atoms with van der Waals surface area (Å²) in [6, 6.07) is 31.6. The van der Waals surface area contributed by atoms with Crippen LogP contribution in [0.2, 0.25) is 0 Å². The average Bonchev–Trinajstić information content (AvgIpc) is 4.07. The van der Waals surface area contributed by atoms with Crippen molar-refractivity contribution in [3.8, 4) is 17.6 Å². The molecule has 18 nitrogen and oxygen atoms in total. The molecule has 2 saturated heterocycles. The number of urea groups is 1. The van der Waals surface area contributed by atoms with E-state index in [0.29, 0.717) is 22.3 Å². The molecule has 5 aromatic carbocycles. The van der Waals surface area contributed by atoms with Crippen molar-refractivity contribution in [3.63, 3.8) is 0 Å². The summed E-state index contributed by atoms with van der Waals surface area (Å²) in [6.07, 6.45) is -2.66. The molecule has 8 unspecified atom stereocenters. The number of nitrogens with zero attached hydrogens (tertiary/aromatic N) is 2. The number of benzene rings is 5. The van der Waals surface area contributed by atoms with Gasteiger partial charge >= 0.3 is 29.9 Å². The minimum absolute atomic E-state index is 0.0358. The summed E-state index contributed by atoms with van der Waals surface area (Å²) < 4.78 is 27.3. The van der Waals surface area contributed by atoms with Crippen LogP contribution in [0.4, 0.5) is 10.5 Å². The Kier molecular flexibility index (Phi) is 16.6. The molecule has 0 saturated carbocycles. The van der Waals surface area contributed by atoms with E-state index in [9.17, 15) is 24.6 Å². The first kappa shape index (κ1) is 53.9. The van der Waals surface area contributed by atoms with Crippen molar-refractivity contribution in [1.29, 1.82) is 0 Å². The number of amides is 4. The number of ether oxygens (including phenoxy) is 5. The van der Waals surface area contributed by atoms with Gasteiger partial charge in [0, 0.05) is 18.5 Å². The lowest BCUT2D eigenvalue weighted by Gasteiger charge is -2.46. The van der Waals surface area contributed by atoms with Gasteiger partial charge in [-0.15, -0.1) is 0 Å². The fourth-order valence-electron chi connectivity index (χ4n) is 10.6. The van der Waals surface area contributed by atoms with E-state index in [1.165, 1.54) is 18.2 Å². The molecule has 3 heterocycles. The van der Waals surface area contributed by atoms with Crippen LogP contribution in [-0.4, -0.2) is 110 Å². The molecule has 0 radical (unpaired) electrons. The first-order valence-electron chi connectivity index (χ1n) is 24.7. The largest absolute Gasteiger partial charge is 0.491 e. The van der Waals surface area contributed by atoms with Gasteiger partial charge in [0.25, 0.3) is 0 Å². The number of carbonyl (C=O) groups is 7. The predicted molar refractivity (Wildman–Crippen MR) is 274 cm³/mol. The fraction of sp³-hybridized carbons (Fsp3) is 0.328. The Bertz CT molecular complexity index is 3020. The Morgan fingerprint density at radius 1 is 0.750 bits per heavy atom. The summed E-state index contributed by atoms with van der Waals surface area (Å²) in [5.41, 5.74) is -0.0731. The third kappa shape index (κ3) is 10.2. The molecule has 0 bridgehead atoms. The molecule has 394 valence electrons. The Balaban J connectivity index is 1.45. The first-order valence-corrected chi connectivity index (χ1v) is 24.7. The number of fused-ring (bicyclic) bond motifs is 3. The van der Waals surface area contributed by atoms with Crippen LogP contribution in [0.5, 0.6) is 5.75 Å². The van der Waals surface area contributed by atoms with Gasteiger partial charge in [-0.2, -0.15) is 0 Å². The number of morpholine rings is 1. The number of methoxy groups -OCH3 is 3. The van der Waals surface area contributed by atoms with Crippen LogP contribution < -0.4 is 20.3 Å². The molecule has 8 atom stereocenters. The maximum atomic E-state index is 16.7. The summed E-state index contributed by atoms with van der Waals surface area (Å²) in [4.78, 5) is 105. The Labute approximate surface area is 439 Å². The molecule has 1 spiro atoms.